The van der Waals surface area contributed by atoms with Gasteiger partial charge in [-0.05, 0) is 100 Å². The summed E-state index contributed by atoms with van der Waals surface area (Å²) in [6.45, 7) is 8.33. The summed E-state index contributed by atoms with van der Waals surface area (Å²) in [7, 11) is 3.28. The van der Waals surface area contributed by atoms with E-state index < -0.39 is 11.7 Å². The number of fused-ring (bicyclic) bond motifs is 1. The number of aromatic nitrogens is 3. The zero-order chi connectivity index (χ0) is 34.7. The summed E-state index contributed by atoms with van der Waals surface area (Å²) < 4.78 is 24.4. The fraction of sp³-hybridized carbons (Fsp3) is 0.556. The molecule has 3 aromatic rings. The summed E-state index contributed by atoms with van der Waals surface area (Å²) in [5, 5.41) is 6.60. The molecule has 0 saturated heterocycles. The fourth-order valence-corrected chi connectivity index (χ4v) is 6.54. The molecule has 1 amide bonds. The lowest BCUT2D eigenvalue weighted by Gasteiger charge is -2.30. The Balaban J connectivity index is 1.58. The van der Waals surface area contributed by atoms with Gasteiger partial charge in [0.25, 0.3) is 0 Å². The SMILES string of the molecule is CCOC(=O)CCCCC/C=C/c1cnc(NCc2ccc(OC)cc2OC)c2c(Br)nc([C@@H]3CCC[C@@H](NC(=O)OC(C)(C)C)C3)n12. The van der Waals surface area contributed by atoms with Crippen LogP contribution in [0.25, 0.3) is 11.6 Å². The third-order valence-corrected chi connectivity index (χ3v) is 8.77. The first-order valence-electron chi connectivity index (χ1n) is 16.9. The van der Waals surface area contributed by atoms with Crippen molar-refractivity contribution < 1.29 is 28.5 Å². The first kappa shape index (κ1) is 37.0. The van der Waals surface area contributed by atoms with Crippen molar-refractivity contribution in [1.82, 2.24) is 19.7 Å². The monoisotopic (exact) mass is 727 g/mol. The van der Waals surface area contributed by atoms with E-state index in [4.69, 9.17) is 28.9 Å². The standard InChI is InChI=1S/C36H50BrN5O6/c1-7-47-30(43)17-12-10-8-9-11-16-27-23-39-33(38-22-25-18-19-28(45-5)21-29(25)46-6)31-32(37)41-34(42(27)31)24-14-13-15-26(20-24)40-35(44)48-36(2,3)4/h11,16,18-19,21,23-24,26H,7-10,12-15,17,20,22H2,1-6H3,(H,38,39)(H,40,44)/b16-11+/t24-,26-/m1/s1. The van der Waals surface area contributed by atoms with Crippen LogP contribution in [0.2, 0.25) is 0 Å². The lowest BCUT2D eigenvalue weighted by Crippen LogP contribution is -2.41. The van der Waals surface area contributed by atoms with Gasteiger partial charge in [-0.1, -0.05) is 18.9 Å². The van der Waals surface area contributed by atoms with Crippen LogP contribution in [0.1, 0.15) is 108 Å². The first-order valence-corrected chi connectivity index (χ1v) is 17.7. The highest BCUT2D eigenvalue weighted by Gasteiger charge is 2.30. The van der Waals surface area contributed by atoms with Crippen LogP contribution in [-0.4, -0.2) is 58.9 Å². The van der Waals surface area contributed by atoms with E-state index in [1.807, 2.05) is 52.1 Å². The van der Waals surface area contributed by atoms with E-state index in [2.05, 4.69) is 43.1 Å². The number of methoxy groups -OCH3 is 2. The van der Waals surface area contributed by atoms with E-state index in [0.717, 1.165) is 85.5 Å². The number of ether oxygens (including phenoxy) is 4. The van der Waals surface area contributed by atoms with Crippen LogP contribution in [0.4, 0.5) is 10.6 Å². The third kappa shape index (κ3) is 10.3. The number of alkyl carbamates (subject to hydrolysis) is 1. The molecule has 1 aliphatic rings. The molecule has 48 heavy (non-hydrogen) atoms. The molecule has 0 spiro atoms. The number of hydrogen-bond acceptors (Lipinski definition) is 9. The predicted molar refractivity (Wildman–Crippen MR) is 191 cm³/mol. The molecule has 2 atom stereocenters. The van der Waals surface area contributed by atoms with E-state index in [1.165, 1.54) is 0 Å². The predicted octanol–water partition coefficient (Wildman–Crippen LogP) is 8.20. The quantitative estimate of drug-likeness (QED) is 0.118. The number of unbranched alkanes of at least 4 members (excludes halogenated alkanes) is 3. The molecule has 2 aromatic heterocycles. The Hall–Kier alpha value is -3.80. The molecule has 0 aliphatic heterocycles. The van der Waals surface area contributed by atoms with Crippen molar-refractivity contribution in [2.45, 2.75) is 110 Å². The Bertz CT molecular complexity index is 1570. The molecule has 0 unspecified atom stereocenters. The van der Waals surface area contributed by atoms with Gasteiger partial charge >= 0.3 is 12.1 Å². The minimum absolute atomic E-state index is 0.0136. The van der Waals surface area contributed by atoms with Crippen molar-refractivity contribution >= 4 is 45.4 Å². The fourth-order valence-electron chi connectivity index (χ4n) is 6.00. The number of nitrogens with one attached hydrogen (secondary N) is 2. The van der Waals surface area contributed by atoms with Gasteiger partial charge in [0.1, 0.15) is 33.0 Å². The van der Waals surface area contributed by atoms with Crippen LogP contribution in [0.15, 0.2) is 35.1 Å². The van der Waals surface area contributed by atoms with Gasteiger partial charge in [0.05, 0.1) is 32.7 Å². The second-order valence-electron chi connectivity index (χ2n) is 13.0. The van der Waals surface area contributed by atoms with Crippen LogP contribution in [0, 0.1) is 0 Å². The number of halogens is 1. The van der Waals surface area contributed by atoms with Gasteiger partial charge in [0, 0.05) is 36.6 Å². The summed E-state index contributed by atoms with van der Waals surface area (Å²) in [5.74, 6) is 3.04. The van der Waals surface area contributed by atoms with Gasteiger partial charge in [-0.3, -0.25) is 9.20 Å². The maximum Gasteiger partial charge on any atom is 0.407 e. The maximum absolute atomic E-state index is 12.6. The number of nitrogens with zero attached hydrogens (tertiary/aromatic N) is 3. The molecule has 1 saturated carbocycles. The van der Waals surface area contributed by atoms with Crippen LogP contribution in [-0.2, 0) is 20.8 Å². The van der Waals surface area contributed by atoms with E-state index in [-0.39, 0.29) is 17.9 Å². The number of imidazole rings is 1. The number of esters is 1. The zero-order valence-corrected chi connectivity index (χ0v) is 30.7. The molecule has 1 aromatic carbocycles. The maximum atomic E-state index is 12.6. The average Bonchev–Trinajstić information content (AvgIpc) is 3.40. The minimum atomic E-state index is -0.559. The number of benzene rings is 1. The number of carbonyl (C=O) groups is 2. The number of carbonyl (C=O) groups excluding carboxylic acids is 2. The number of allylic oxidation sites excluding steroid dienone is 1. The van der Waals surface area contributed by atoms with Gasteiger partial charge in [-0.15, -0.1) is 0 Å². The Kier molecular flexibility index (Phi) is 13.5. The molecule has 0 radical (unpaired) electrons. The molecule has 2 heterocycles. The molecular formula is C36H50BrN5O6. The summed E-state index contributed by atoms with van der Waals surface area (Å²) in [5.41, 5.74) is 2.16. The van der Waals surface area contributed by atoms with Crippen molar-refractivity contribution in [1.29, 1.82) is 0 Å². The van der Waals surface area contributed by atoms with Crippen molar-refractivity contribution in [2.24, 2.45) is 0 Å². The van der Waals surface area contributed by atoms with E-state index in [0.29, 0.717) is 30.0 Å². The Morgan fingerprint density at radius 1 is 1.12 bits per heavy atom. The molecule has 12 heteroatoms. The number of anilines is 1. The van der Waals surface area contributed by atoms with Gasteiger partial charge in [-0.2, -0.15) is 0 Å². The number of rotatable bonds is 15. The van der Waals surface area contributed by atoms with Crippen LogP contribution >= 0.6 is 15.9 Å². The highest BCUT2D eigenvalue weighted by Crippen LogP contribution is 2.37. The lowest BCUT2D eigenvalue weighted by atomic mass is 9.85. The van der Waals surface area contributed by atoms with Gasteiger partial charge in [0.2, 0.25) is 0 Å². The molecule has 4 rings (SSSR count). The molecule has 2 N–H and O–H groups in total. The topological polar surface area (TPSA) is 125 Å². The molecule has 0 bridgehead atoms. The van der Waals surface area contributed by atoms with Crippen molar-refractivity contribution in [3.05, 3.63) is 52.2 Å². The van der Waals surface area contributed by atoms with E-state index in [1.54, 1.807) is 14.2 Å². The van der Waals surface area contributed by atoms with E-state index in [9.17, 15) is 9.59 Å². The van der Waals surface area contributed by atoms with Crippen LogP contribution < -0.4 is 20.1 Å². The molecule has 11 nitrogen and oxygen atoms in total. The lowest BCUT2D eigenvalue weighted by molar-refractivity contribution is -0.143. The average molecular weight is 729 g/mol. The van der Waals surface area contributed by atoms with Crippen LogP contribution in [0.5, 0.6) is 11.5 Å². The highest BCUT2D eigenvalue weighted by molar-refractivity contribution is 9.10. The third-order valence-electron chi connectivity index (χ3n) is 8.22. The zero-order valence-electron chi connectivity index (χ0n) is 29.1. The van der Waals surface area contributed by atoms with Crippen LogP contribution in [0.3, 0.4) is 0 Å². The second-order valence-corrected chi connectivity index (χ2v) is 13.8. The second kappa shape index (κ2) is 17.6. The van der Waals surface area contributed by atoms with Crippen molar-refractivity contribution in [2.75, 3.05) is 26.1 Å². The smallest absolute Gasteiger partial charge is 0.407 e. The first-order chi connectivity index (χ1) is 23.0. The summed E-state index contributed by atoms with van der Waals surface area (Å²) in [6, 6.07) is 5.73. The molecular weight excluding hydrogens is 678 g/mol. The minimum Gasteiger partial charge on any atom is -0.497 e. The Morgan fingerprint density at radius 2 is 1.94 bits per heavy atom. The molecule has 1 aliphatic carbocycles. The summed E-state index contributed by atoms with van der Waals surface area (Å²) in [6.07, 6.45) is 13.3. The molecule has 1 fully saturated rings. The van der Waals surface area contributed by atoms with Crippen molar-refractivity contribution in [3.8, 4) is 11.5 Å². The van der Waals surface area contributed by atoms with E-state index >= 15 is 0 Å². The summed E-state index contributed by atoms with van der Waals surface area (Å²) in [4.78, 5) is 34.1. The van der Waals surface area contributed by atoms with Gasteiger partial charge in [0.15, 0.2) is 5.82 Å². The van der Waals surface area contributed by atoms with Crippen molar-refractivity contribution in [3.63, 3.8) is 0 Å². The Labute approximate surface area is 292 Å². The van der Waals surface area contributed by atoms with Gasteiger partial charge in [-0.25, -0.2) is 14.8 Å². The normalized spacial score (nSPS) is 16.6. The number of hydrogen-bond donors (Lipinski definition) is 2. The summed E-state index contributed by atoms with van der Waals surface area (Å²) >= 11 is 3.76. The molecule has 262 valence electrons. The number of amides is 1. The largest absolute Gasteiger partial charge is 0.497 e. The highest BCUT2D eigenvalue weighted by atomic mass is 79.9. The Morgan fingerprint density at radius 3 is 2.67 bits per heavy atom. The van der Waals surface area contributed by atoms with Gasteiger partial charge < -0.3 is 29.6 Å².